The molecule has 1 spiro atoms. The van der Waals surface area contributed by atoms with Crippen molar-refractivity contribution in [2.75, 3.05) is 0 Å². The van der Waals surface area contributed by atoms with E-state index in [2.05, 4.69) is 134 Å². The zero-order chi connectivity index (χ0) is 36.0. The summed E-state index contributed by atoms with van der Waals surface area (Å²) in [5.41, 5.74) is 16.0. The van der Waals surface area contributed by atoms with Crippen molar-refractivity contribution in [1.82, 2.24) is 19.9 Å². The molecule has 4 saturated carbocycles. The second-order valence-corrected chi connectivity index (χ2v) is 16.6. The van der Waals surface area contributed by atoms with E-state index in [4.69, 9.17) is 15.0 Å². The first-order valence-electron chi connectivity index (χ1n) is 19.7. The van der Waals surface area contributed by atoms with Crippen LogP contribution in [0.15, 0.2) is 134 Å². The Kier molecular flexibility index (Phi) is 7.14. The van der Waals surface area contributed by atoms with Crippen LogP contribution in [0.1, 0.15) is 54.4 Å². The minimum Gasteiger partial charge on any atom is -0.264 e. The first-order chi connectivity index (χ1) is 26.5. The van der Waals surface area contributed by atoms with Gasteiger partial charge in [0.25, 0.3) is 0 Å². The molecule has 0 amide bonds. The third-order valence-electron chi connectivity index (χ3n) is 13.3. The number of benzene rings is 5. The normalized spacial score (nSPS) is 23.1. The highest BCUT2D eigenvalue weighted by Gasteiger charge is 2.61. The molecule has 5 aromatic carbocycles. The van der Waals surface area contributed by atoms with Crippen molar-refractivity contribution >= 4 is 0 Å². The number of rotatable bonds is 5. The van der Waals surface area contributed by atoms with Crippen LogP contribution in [-0.4, -0.2) is 19.9 Å². The number of hydrogen-bond acceptors (Lipinski definition) is 4. The van der Waals surface area contributed by atoms with Crippen molar-refractivity contribution in [3.05, 3.63) is 156 Å². The Morgan fingerprint density at radius 2 is 0.981 bits per heavy atom. The van der Waals surface area contributed by atoms with Crippen molar-refractivity contribution in [2.45, 2.75) is 51.4 Å². The summed E-state index contributed by atoms with van der Waals surface area (Å²) in [6.45, 7) is 4.21. The van der Waals surface area contributed by atoms with E-state index >= 15 is 0 Å². The summed E-state index contributed by atoms with van der Waals surface area (Å²) in [7, 11) is 0. The predicted octanol–water partition coefficient (Wildman–Crippen LogP) is 11.9. The molecule has 0 N–H and O–H groups in total. The summed E-state index contributed by atoms with van der Waals surface area (Å²) in [6.07, 6.45) is 10.7. The second kappa shape index (κ2) is 12.1. The fourth-order valence-electron chi connectivity index (χ4n) is 11.1. The molecule has 0 saturated heterocycles. The fraction of sp³-hybridized carbons (Fsp3) is 0.240. The van der Waals surface area contributed by atoms with Crippen LogP contribution in [0.3, 0.4) is 0 Å². The number of nitrogens with zero attached hydrogens (tertiary/aromatic N) is 4. The molecule has 12 rings (SSSR count). The average Bonchev–Trinajstić information content (AvgIpc) is 3.50. The number of aryl methyl sites for hydroxylation is 2. The molecule has 5 aliphatic carbocycles. The molecule has 4 heteroatoms. The lowest BCUT2D eigenvalue weighted by Gasteiger charge is -2.61. The zero-order valence-corrected chi connectivity index (χ0v) is 30.8. The molecular formula is C50H42N4. The van der Waals surface area contributed by atoms with Crippen LogP contribution >= 0.6 is 0 Å². The summed E-state index contributed by atoms with van der Waals surface area (Å²) in [5, 5.41) is 0. The monoisotopic (exact) mass is 698 g/mol. The highest BCUT2D eigenvalue weighted by molar-refractivity contribution is 5.87. The highest BCUT2D eigenvalue weighted by Crippen LogP contribution is 2.69. The zero-order valence-electron chi connectivity index (χ0n) is 30.8. The summed E-state index contributed by atoms with van der Waals surface area (Å²) in [5.74, 6) is 5.25. The first kappa shape index (κ1) is 31.8. The Morgan fingerprint density at radius 1 is 0.444 bits per heavy atom. The van der Waals surface area contributed by atoms with Gasteiger partial charge in [-0.3, -0.25) is 4.98 Å². The maximum Gasteiger partial charge on any atom is 0.164 e. The molecule has 0 unspecified atom stereocenters. The van der Waals surface area contributed by atoms with Crippen molar-refractivity contribution < 1.29 is 0 Å². The molecule has 54 heavy (non-hydrogen) atoms. The van der Waals surface area contributed by atoms with Gasteiger partial charge >= 0.3 is 0 Å². The van der Waals surface area contributed by atoms with E-state index in [0.717, 1.165) is 39.7 Å². The largest absolute Gasteiger partial charge is 0.264 e. The number of aromatic nitrogens is 4. The van der Waals surface area contributed by atoms with Crippen molar-refractivity contribution in [3.8, 4) is 67.5 Å². The molecule has 262 valence electrons. The standard InChI is InChI=1S/C50H42N4/c1-30-9-13-34(14-10-30)47-52-48(35-15-11-31(2)12-16-35)54-49(53-47)40-26-38(25-39(27-40)37-6-5-19-51-29-37)36-17-18-44-43-7-3-4-8-45(43)50(46(44)28-36)41-21-32-20-33(23-41)24-42(50)22-32/h3-19,25-29,32-33,41-42H,20-24H2,1-2H3. The Hall–Kier alpha value is -5.74. The van der Waals surface area contributed by atoms with Crippen LogP contribution in [0, 0.1) is 37.5 Å². The van der Waals surface area contributed by atoms with E-state index in [-0.39, 0.29) is 5.41 Å². The molecule has 0 atom stereocenters. The molecule has 5 aliphatic rings. The lowest BCUT2D eigenvalue weighted by Crippen LogP contribution is -2.55. The summed E-state index contributed by atoms with van der Waals surface area (Å²) in [4.78, 5) is 19.9. The van der Waals surface area contributed by atoms with Gasteiger partial charge in [-0.25, -0.2) is 15.0 Å². The van der Waals surface area contributed by atoms with Crippen LogP contribution in [0.4, 0.5) is 0 Å². The molecule has 2 aromatic heterocycles. The van der Waals surface area contributed by atoms with Gasteiger partial charge in [0.2, 0.25) is 0 Å². The third kappa shape index (κ3) is 4.96. The van der Waals surface area contributed by atoms with E-state index in [1.807, 2.05) is 18.5 Å². The predicted molar refractivity (Wildman–Crippen MR) is 218 cm³/mol. The van der Waals surface area contributed by atoms with Gasteiger partial charge in [0.15, 0.2) is 17.5 Å². The molecule has 4 nitrogen and oxygen atoms in total. The maximum atomic E-state index is 5.18. The van der Waals surface area contributed by atoms with Gasteiger partial charge in [-0.05, 0) is 139 Å². The van der Waals surface area contributed by atoms with E-state index in [0.29, 0.717) is 29.3 Å². The van der Waals surface area contributed by atoms with Crippen LogP contribution in [-0.2, 0) is 5.41 Å². The molecule has 0 aliphatic heterocycles. The molecule has 4 bridgehead atoms. The maximum absolute atomic E-state index is 5.18. The van der Waals surface area contributed by atoms with Crippen LogP contribution in [0.2, 0.25) is 0 Å². The van der Waals surface area contributed by atoms with Gasteiger partial charge in [-0.1, -0.05) is 102 Å². The van der Waals surface area contributed by atoms with Gasteiger partial charge < -0.3 is 0 Å². The number of fused-ring (bicyclic) bond motifs is 3. The van der Waals surface area contributed by atoms with Crippen LogP contribution < -0.4 is 0 Å². The second-order valence-electron chi connectivity index (χ2n) is 16.6. The first-order valence-corrected chi connectivity index (χ1v) is 19.7. The minimum absolute atomic E-state index is 0.110. The smallest absolute Gasteiger partial charge is 0.164 e. The quantitative estimate of drug-likeness (QED) is 0.180. The third-order valence-corrected chi connectivity index (χ3v) is 13.3. The van der Waals surface area contributed by atoms with Crippen molar-refractivity contribution in [1.29, 1.82) is 0 Å². The van der Waals surface area contributed by atoms with E-state index in [1.54, 1.807) is 11.1 Å². The number of hydrogen-bond donors (Lipinski definition) is 0. The fourth-order valence-corrected chi connectivity index (χ4v) is 11.1. The Labute approximate surface area is 317 Å². The Bertz CT molecular complexity index is 2480. The van der Waals surface area contributed by atoms with Crippen molar-refractivity contribution in [2.24, 2.45) is 23.7 Å². The van der Waals surface area contributed by atoms with Crippen LogP contribution in [0.25, 0.3) is 67.5 Å². The van der Waals surface area contributed by atoms with Gasteiger partial charge in [-0.2, -0.15) is 0 Å². The van der Waals surface area contributed by atoms with Crippen molar-refractivity contribution in [3.63, 3.8) is 0 Å². The Morgan fingerprint density at radius 3 is 1.59 bits per heavy atom. The van der Waals surface area contributed by atoms with E-state index < -0.39 is 0 Å². The van der Waals surface area contributed by atoms with Gasteiger partial charge in [0.05, 0.1) is 0 Å². The summed E-state index contributed by atoms with van der Waals surface area (Å²) >= 11 is 0. The lowest BCUT2D eigenvalue weighted by atomic mass is 9.43. The lowest BCUT2D eigenvalue weighted by molar-refractivity contribution is -0.0399. The topological polar surface area (TPSA) is 51.6 Å². The molecular weight excluding hydrogens is 657 g/mol. The van der Waals surface area contributed by atoms with E-state index in [9.17, 15) is 0 Å². The highest BCUT2D eigenvalue weighted by atomic mass is 15.0. The molecule has 2 heterocycles. The SMILES string of the molecule is Cc1ccc(-c2nc(-c3ccc(C)cc3)nc(-c3cc(-c4cccnc4)cc(-c4ccc5c(c4)C4(c6ccccc6-5)C5CC6CC(C5)CC4C6)c3)n2)cc1. The minimum atomic E-state index is 0.110. The summed E-state index contributed by atoms with van der Waals surface area (Å²) < 4.78 is 0. The van der Waals surface area contributed by atoms with Gasteiger partial charge in [0, 0.05) is 40.1 Å². The molecule has 7 aromatic rings. The number of pyridine rings is 1. The van der Waals surface area contributed by atoms with Gasteiger partial charge in [0.1, 0.15) is 0 Å². The van der Waals surface area contributed by atoms with Crippen LogP contribution in [0.5, 0.6) is 0 Å². The molecule has 4 fully saturated rings. The van der Waals surface area contributed by atoms with Gasteiger partial charge in [-0.15, -0.1) is 0 Å². The van der Waals surface area contributed by atoms with E-state index in [1.165, 1.54) is 65.5 Å². The molecule has 0 radical (unpaired) electrons. The average molecular weight is 699 g/mol. The Balaban J connectivity index is 1.11. The summed E-state index contributed by atoms with van der Waals surface area (Å²) in [6, 6.07) is 44.6.